The normalized spacial score (nSPS) is 12.4. The number of alkyl carbamates (subject to hydrolysis) is 1. The first kappa shape index (κ1) is 18.1. The molecule has 0 unspecified atom stereocenters. The number of hydrogen-bond acceptors (Lipinski definition) is 5. The monoisotopic (exact) mass is 376 g/mol. The molecule has 0 radical (unpaired) electrons. The Balaban J connectivity index is 1.88. The molecule has 8 heteroatoms. The number of thiophene rings is 1. The summed E-state index contributed by atoms with van der Waals surface area (Å²) in [6.45, 7) is 1.77. The number of carbonyl (C=O) groups excluding carboxylic acids is 3. The van der Waals surface area contributed by atoms with Crippen LogP contribution < -0.4 is 10.6 Å². The number of halogens is 1. The molecular weight excluding hydrogens is 359 g/mol. The van der Waals surface area contributed by atoms with Crippen molar-refractivity contribution in [3.63, 3.8) is 0 Å². The standard InChI is InChI=1S/C18H17FN2O4S/c1-2-25-18(24)21-16(23)14-11-7-5-9-13(11)26-17(14)20-15(22)10-6-3-4-8-12(10)19/h3-4,6,8H,2,5,7,9H2,1H3,(H,20,22)(H,21,23,24). The molecule has 0 spiro atoms. The summed E-state index contributed by atoms with van der Waals surface area (Å²) in [5.41, 5.74) is 0.957. The van der Waals surface area contributed by atoms with Crippen molar-refractivity contribution >= 4 is 34.2 Å². The van der Waals surface area contributed by atoms with Gasteiger partial charge in [0, 0.05) is 4.88 Å². The average Bonchev–Trinajstić information content (AvgIpc) is 3.15. The lowest BCUT2D eigenvalue weighted by Crippen LogP contribution is -2.32. The van der Waals surface area contributed by atoms with Gasteiger partial charge in [-0.1, -0.05) is 12.1 Å². The van der Waals surface area contributed by atoms with E-state index in [4.69, 9.17) is 4.74 Å². The van der Waals surface area contributed by atoms with E-state index in [0.29, 0.717) is 11.4 Å². The van der Waals surface area contributed by atoms with Gasteiger partial charge in [0.05, 0.1) is 17.7 Å². The number of fused-ring (bicyclic) bond motifs is 1. The predicted octanol–water partition coefficient (Wildman–Crippen LogP) is 3.51. The summed E-state index contributed by atoms with van der Waals surface area (Å²) in [4.78, 5) is 37.5. The van der Waals surface area contributed by atoms with Crippen LogP contribution in [0.2, 0.25) is 0 Å². The van der Waals surface area contributed by atoms with Crippen LogP contribution in [0.25, 0.3) is 0 Å². The summed E-state index contributed by atoms with van der Waals surface area (Å²) in [6.07, 6.45) is 1.55. The molecule has 26 heavy (non-hydrogen) atoms. The Kier molecular flexibility index (Phi) is 5.32. The highest BCUT2D eigenvalue weighted by Gasteiger charge is 2.29. The molecule has 0 atom stereocenters. The molecule has 1 aliphatic rings. The molecule has 136 valence electrons. The third-order valence-electron chi connectivity index (χ3n) is 3.98. The van der Waals surface area contributed by atoms with E-state index in [-0.39, 0.29) is 17.7 Å². The Morgan fingerprint density at radius 3 is 2.69 bits per heavy atom. The van der Waals surface area contributed by atoms with Crippen LogP contribution in [0.4, 0.5) is 14.2 Å². The number of aryl methyl sites for hydroxylation is 1. The summed E-state index contributed by atoms with van der Waals surface area (Å²) in [6, 6.07) is 5.60. The molecule has 1 aliphatic carbocycles. The topological polar surface area (TPSA) is 84.5 Å². The summed E-state index contributed by atoms with van der Waals surface area (Å²) in [5.74, 6) is -1.92. The van der Waals surface area contributed by atoms with Crippen LogP contribution in [-0.4, -0.2) is 24.5 Å². The lowest BCUT2D eigenvalue weighted by atomic mass is 10.1. The minimum absolute atomic E-state index is 0.113. The van der Waals surface area contributed by atoms with E-state index in [9.17, 15) is 18.8 Å². The molecule has 2 aromatic rings. The number of nitrogens with one attached hydrogen (secondary N) is 2. The fourth-order valence-electron chi connectivity index (χ4n) is 2.87. The fourth-order valence-corrected chi connectivity index (χ4v) is 4.15. The van der Waals surface area contributed by atoms with Crippen molar-refractivity contribution in [2.75, 3.05) is 11.9 Å². The van der Waals surface area contributed by atoms with Crippen molar-refractivity contribution in [3.8, 4) is 0 Å². The molecule has 3 rings (SSSR count). The molecule has 1 aromatic heterocycles. The van der Waals surface area contributed by atoms with Crippen LogP contribution in [0, 0.1) is 5.82 Å². The van der Waals surface area contributed by atoms with Crippen LogP contribution >= 0.6 is 11.3 Å². The number of benzene rings is 1. The van der Waals surface area contributed by atoms with Gasteiger partial charge in [0.25, 0.3) is 11.8 Å². The highest BCUT2D eigenvalue weighted by molar-refractivity contribution is 7.17. The highest BCUT2D eigenvalue weighted by atomic mass is 32.1. The molecule has 0 bridgehead atoms. The lowest BCUT2D eigenvalue weighted by Gasteiger charge is -2.09. The van der Waals surface area contributed by atoms with Crippen molar-refractivity contribution < 1.29 is 23.5 Å². The largest absolute Gasteiger partial charge is 0.450 e. The van der Waals surface area contributed by atoms with Crippen molar-refractivity contribution in [3.05, 3.63) is 51.7 Å². The molecule has 1 aromatic carbocycles. The third kappa shape index (κ3) is 3.60. The van der Waals surface area contributed by atoms with Crippen LogP contribution in [0.15, 0.2) is 24.3 Å². The first-order valence-electron chi connectivity index (χ1n) is 8.19. The number of anilines is 1. The van der Waals surface area contributed by atoms with Crippen LogP contribution in [0.5, 0.6) is 0 Å². The van der Waals surface area contributed by atoms with E-state index in [0.717, 1.165) is 23.3 Å². The van der Waals surface area contributed by atoms with E-state index in [2.05, 4.69) is 10.6 Å². The number of ether oxygens (including phenoxy) is 1. The first-order chi connectivity index (χ1) is 12.5. The van der Waals surface area contributed by atoms with Crippen molar-refractivity contribution in [2.24, 2.45) is 0 Å². The Hall–Kier alpha value is -2.74. The maximum atomic E-state index is 13.8. The summed E-state index contributed by atoms with van der Waals surface area (Å²) in [7, 11) is 0. The molecule has 3 amide bonds. The fraction of sp³-hybridized carbons (Fsp3) is 0.278. The second-order valence-electron chi connectivity index (χ2n) is 5.67. The zero-order chi connectivity index (χ0) is 18.7. The zero-order valence-electron chi connectivity index (χ0n) is 14.1. The molecular formula is C18H17FN2O4S. The smallest absolute Gasteiger partial charge is 0.414 e. The summed E-state index contributed by atoms with van der Waals surface area (Å²) >= 11 is 1.28. The number of rotatable bonds is 4. The van der Waals surface area contributed by atoms with E-state index in [1.807, 2.05) is 0 Å². The Labute approximate surface area is 153 Å². The van der Waals surface area contributed by atoms with Gasteiger partial charge < -0.3 is 10.1 Å². The van der Waals surface area contributed by atoms with Gasteiger partial charge >= 0.3 is 6.09 Å². The lowest BCUT2D eigenvalue weighted by molar-refractivity contribution is 0.0925. The Morgan fingerprint density at radius 2 is 1.96 bits per heavy atom. The van der Waals surface area contributed by atoms with Gasteiger partial charge in [-0.15, -0.1) is 11.3 Å². The minimum Gasteiger partial charge on any atom is -0.450 e. The third-order valence-corrected chi connectivity index (χ3v) is 5.19. The van der Waals surface area contributed by atoms with Gasteiger partial charge in [0.2, 0.25) is 0 Å². The molecule has 6 nitrogen and oxygen atoms in total. The molecule has 0 saturated heterocycles. The van der Waals surface area contributed by atoms with Gasteiger partial charge in [-0.2, -0.15) is 0 Å². The second-order valence-corrected chi connectivity index (χ2v) is 6.78. The molecule has 1 heterocycles. The van der Waals surface area contributed by atoms with Crippen LogP contribution in [-0.2, 0) is 17.6 Å². The maximum Gasteiger partial charge on any atom is 0.414 e. The number of carbonyl (C=O) groups is 3. The van der Waals surface area contributed by atoms with Crippen molar-refractivity contribution in [1.82, 2.24) is 5.32 Å². The predicted molar refractivity (Wildman–Crippen MR) is 95.2 cm³/mol. The van der Waals surface area contributed by atoms with Crippen LogP contribution in [0.1, 0.15) is 44.5 Å². The van der Waals surface area contributed by atoms with Crippen LogP contribution in [0.3, 0.4) is 0 Å². The number of hydrogen-bond donors (Lipinski definition) is 2. The van der Waals surface area contributed by atoms with E-state index >= 15 is 0 Å². The van der Waals surface area contributed by atoms with Gasteiger partial charge in [-0.25, -0.2) is 9.18 Å². The SMILES string of the molecule is CCOC(=O)NC(=O)c1c(NC(=O)c2ccccc2F)sc2c1CCC2. The van der Waals surface area contributed by atoms with Gasteiger partial charge in [-0.3, -0.25) is 14.9 Å². The van der Waals surface area contributed by atoms with Gasteiger partial charge in [0.1, 0.15) is 10.8 Å². The van der Waals surface area contributed by atoms with Gasteiger partial charge in [0.15, 0.2) is 0 Å². The highest BCUT2D eigenvalue weighted by Crippen LogP contribution is 2.39. The second kappa shape index (κ2) is 7.65. The van der Waals surface area contributed by atoms with Crippen molar-refractivity contribution in [2.45, 2.75) is 26.2 Å². The van der Waals surface area contributed by atoms with Crippen molar-refractivity contribution in [1.29, 1.82) is 0 Å². The first-order valence-corrected chi connectivity index (χ1v) is 9.01. The molecule has 0 saturated carbocycles. The van der Waals surface area contributed by atoms with E-state index in [1.54, 1.807) is 13.0 Å². The Morgan fingerprint density at radius 1 is 1.19 bits per heavy atom. The quantitative estimate of drug-likeness (QED) is 0.855. The maximum absolute atomic E-state index is 13.8. The van der Waals surface area contributed by atoms with Gasteiger partial charge in [-0.05, 0) is 43.9 Å². The zero-order valence-corrected chi connectivity index (χ0v) is 14.9. The molecule has 0 aliphatic heterocycles. The molecule has 2 N–H and O–H groups in total. The summed E-state index contributed by atoms with van der Waals surface area (Å²) < 4.78 is 18.6. The number of amides is 3. The van der Waals surface area contributed by atoms with E-state index < -0.39 is 23.7 Å². The van der Waals surface area contributed by atoms with E-state index in [1.165, 1.54) is 29.5 Å². The number of imide groups is 1. The molecule has 0 fully saturated rings. The Bertz CT molecular complexity index is 878. The minimum atomic E-state index is -0.846. The average molecular weight is 376 g/mol. The summed E-state index contributed by atoms with van der Waals surface area (Å²) in [5, 5.41) is 5.08.